The van der Waals surface area contributed by atoms with Crippen molar-refractivity contribution in [3.05, 3.63) is 47.8 Å². The van der Waals surface area contributed by atoms with Crippen LogP contribution in [-0.2, 0) is 17.3 Å². The minimum absolute atomic E-state index is 0. The first-order valence-electron chi connectivity index (χ1n) is 9.62. The van der Waals surface area contributed by atoms with Gasteiger partial charge in [-0.25, -0.2) is 0 Å². The van der Waals surface area contributed by atoms with Crippen LogP contribution in [0.25, 0.3) is 0 Å². The van der Waals surface area contributed by atoms with Gasteiger partial charge in [0.25, 0.3) is 0 Å². The minimum Gasteiger partial charge on any atom is -0.355 e. The predicted octanol–water partition coefficient (Wildman–Crippen LogP) is 2.55. The number of nitrogens with one attached hydrogen (secondary N) is 1. The molecule has 1 amide bonds. The van der Waals surface area contributed by atoms with Gasteiger partial charge in [-0.15, -0.1) is 24.0 Å². The lowest BCUT2D eigenvalue weighted by atomic mass is 9.82. The summed E-state index contributed by atoms with van der Waals surface area (Å²) in [6.45, 7) is 8.98. The topological polar surface area (TPSA) is 65.8 Å². The lowest BCUT2D eigenvalue weighted by Crippen LogP contribution is -2.56. The van der Waals surface area contributed by atoms with Crippen LogP contribution in [0.4, 0.5) is 5.69 Å². The summed E-state index contributed by atoms with van der Waals surface area (Å²) in [5.41, 5.74) is 3.39. The van der Waals surface area contributed by atoms with Gasteiger partial charge in [-0.2, -0.15) is 5.10 Å². The van der Waals surface area contributed by atoms with E-state index in [2.05, 4.69) is 60.4 Å². The zero-order valence-corrected chi connectivity index (χ0v) is 20.2. The number of hydrogen-bond acceptors (Lipinski definition) is 3. The second-order valence-electron chi connectivity index (χ2n) is 7.94. The highest BCUT2D eigenvalue weighted by molar-refractivity contribution is 14.0. The van der Waals surface area contributed by atoms with E-state index in [9.17, 15) is 4.79 Å². The van der Waals surface area contributed by atoms with E-state index in [4.69, 9.17) is 0 Å². The van der Waals surface area contributed by atoms with Crippen molar-refractivity contribution < 1.29 is 4.79 Å². The van der Waals surface area contributed by atoms with Gasteiger partial charge in [0, 0.05) is 45.3 Å². The Morgan fingerprint density at radius 2 is 2.00 bits per heavy atom. The molecule has 29 heavy (non-hydrogen) atoms. The monoisotopic (exact) mass is 510 g/mol. The number of piperazine rings is 1. The van der Waals surface area contributed by atoms with E-state index in [0.29, 0.717) is 13.1 Å². The molecule has 158 valence electrons. The highest BCUT2D eigenvalue weighted by Gasteiger charge is 2.29. The molecule has 2 heterocycles. The Bertz CT molecular complexity index is 876. The lowest BCUT2D eigenvalue weighted by Gasteiger charge is -2.36. The number of rotatable bonds is 4. The standard InChI is InChI=1S/C21H30N6O.HI/c1-16-8-6-7-9-18(16)21(2,3)15-23-20(22-4)26-10-11-27(19(28)14-26)17-12-24-25(5)13-17;/h6-9,12-13H,10-11,14-15H2,1-5H3,(H,22,23);1H. The molecule has 1 aliphatic heterocycles. The summed E-state index contributed by atoms with van der Waals surface area (Å²) in [6, 6.07) is 8.46. The zero-order chi connectivity index (χ0) is 20.3. The minimum atomic E-state index is -0.0528. The summed E-state index contributed by atoms with van der Waals surface area (Å²) in [4.78, 5) is 20.9. The van der Waals surface area contributed by atoms with Crippen LogP contribution in [0.2, 0.25) is 0 Å². The molecule has 0 bridgehead atoms. The molecule has 3 rings (SSSR count). The number of hydrogen-bond donors (Lipinski definition) is 1. The fraction of sp³-hybridized carbons (Fsp3) is 0.476. The fourth-order valence-corrected chi connectivity index (χ4v) is 3.73. The maximum absolute atomic E-state index is 12.7. The van der Waals surface area contributed by atoms with E-state index in [1.165, 1.54) is 11.1 Å². The van der Waals surface area contributed by atoms with Crippen molar-refractivity contribution in [2.45, 2.75) is 26.2 Å². The van der Waals surface area contributed by atoms with Crippen LogP contribution in [0, 0.1) is 6.92 Å². The predicted molar refractivity (Wildman–Crippen MR) is 128 cm³/mol. The number of guanidine groups is 1. The van der Waals surface area contributed by atoms with E-state index >= 15 is 0 Å². The van der Waals surface area contributed by atoms with Crippen molar-refractivity contribution in [3.63, 3.8) is 0 Å². The molecular weight excluding hydrogens is 479 g/mol. The smallest absolute Gasteiger partial charge is 0.246 e. The first-order valence-corrected chi connectivity index (χ1v) is 9.62. The Hall–Kier alpha value is -2.10. The number of halogens is 1. The zero-order valence-electron chi connectivity index (χ0n) is 17.8. The molecule has 1 aromatic heterocycles. The van der Waals surface area contributed by atoms with Gasteiger partial charge < -0.3 is 15.1 Å². The molecular formula is C21H31IN6O. The van der Waals surface area contributed by atoms with Crippen LogP contribution in [0.1, 0.15) is 25.0 Å². The Morgan fingerprint density at radius 3 is 2.59 bits per heavy atom. The summed E-state index contributed by atoms with van der Waals surface area (Å²) in [5, 5.41) is 7.64. The molecule has 8 heteroatoms. The summed E-state index contributed by atoms with van der Waals surface area (Å²) in [6.07, 6.45) is 3.59. The second-order valence-corrected chi connectivity index (χ2v) is 7.94. The Balaban J connectivity index is 0.00000300. The average molecular weight is 510 g/mol. The maximum Gasteiger partial charge on any atom is 0.246 e. The van der Waals surface area contributed by atoms with Crippen molar-refractivity contribution in [3.8, 4) is 0 Å². The molecule has 0 atom stereocenters. The normalized spacial score (nSPS) is 15.3. The molecule has 1 fully saturated rings. The number of aryl methyl sites for hydroxylation is 2. The van der Waals surface area contributed by atoms with Crippen LogP contribution in [0.5, 0.6) is 0 Å². The number of amides is 1. The molecule has 0 unspecified atom stereocenters. The van der Waals surface area contributed by atoms with E-state index < -0.39 is 0 Å². The average Bonchev–Trinajstić information content (AvgIpc) is 3.08. The van der Waals surface area contributed by atoms with Crippen molar-refractivity contribution in [2.75, 3.05) is 38.1 Å². The molecule has 1 saturated heterocycles. The Morgan fingerprint density at radius 1 is 1.28 bits per heavy atom. The van der Waals surface area contributed by atoms with Crippen LogP contribution in [-0.4, -0.2) is 59.8 Å². The maximum atomic E-state index is 12.7. The molecule has 0 radical (unpaired) electrons. The highest BCUT2D eigenvalue weighted by Crippen LogP contribution is 2.25. The van der Waals surface area contributed by atoms with Crippen molar-refractivity contribution in [1.82, 2.24) is 20.0 Å². The number of aliphatic imine (C=N–C) groups is 1. The van der Waals surface area contributed by atoms with Crippen molar-refractivity contribution in [1.29, 1.82) is 0 Å². The summed E-state index contributed by atoms with van der Waals surface area (Å²) >= 11 is 0. The number of carbonyl (C=O) groups excluding carboxylic acids is 1. The van der Waals surface area contributed by atoms with Gasteiger partial charge in [0.2, 0.25) is 5.91 Å². The molecule has 1 aliphatic rings. The van der Waals surface area contributed by atoms with Gasteiger partial charge in [0.05, 0.1) is 11.9 Å². The van der Waals surface area contributed by atoms with Crippen molar-refractivity contribution >= 4 is 41.5 Å². The van der Waals surface area contributed by atoms with Gasteiger partial charge in [-0.05, 0) is 18.1 Å². The molecule has 1 aromatic carbocycles. The number of carbonyl (C=O) groups is 1. The Labute approximate surface area is 190 Å². The quantitative estimate of drug-likeness (QED) is 0.390. The van der Waals surface area contributed by atoms with Gasteiger partial charge in [0.15, 0.2) is 5.96 Å². The Kier molecular flexibility index (Phi) is 7.67. The number of anilines is 1. The largest absolute Gasteiger partial charge is 0.355 e. The third-order valence-electron chi connectivity index (χ3n) is 5.30. The molecule has 0 aliphatic carbocycles. The lowest BCUT2D eigenvalue weighted by molar-refractivity contribution is -0.120. The van der Waals surface area contributed by atoms with Gasteiger partial charge in [0.1, 0.15) is 6.54 Å². The SMILES string of the molecule is CN=C(NCC(C)(C)c1ccccc1C)N1CCN(c2cnn(C)c2)C(=O)C1.I. The third-order valence-corrected chi connectivity index (χ3v) is 5.30. The van der Waals surface area contributed by atoms with E-state index in [1.807, 2.05) is 18.1 Å². The third kappa shape index (κ3) is 5.29. The van der Waals surface area contributed by atoms with E-state index in [0.717, 1.165) is 24.7 Å². The van der Waals surface area contributed by atoms with Crippen molar-refractivity contribution in [2.24, 2.45) is 12.0 Å². The first-order chi connectivity index (χ1) is 13.3. The number of aromatic nitrogens is 2. The molecule has 0 saturated carbocycles. The van der Waals surface area contributed by atoms with Gasteiger partial charge in [-0.3, -0.25) is 14.5 Å². The molecule has 2 aromatic rings. The number of benzene rings is 1. The molecule has 0 spiro atoms. The van der Waals surface area contributed by atoms with Crippen LogP contribution < -0.4 is 10.2 Å². The van der Waals surface area contributed by atoms with E-state index in [-0.39, 0.29) is 35.3 Å². The number of nitrogens with zero attached hydrogens (tertiary/aromatic N) is 5. The van der Waals surface area contributed by atoms with E-state index in [1.54, 1.807) is 22.8 Å². The summed E-state index contributed by atoms with van der Waals surface area (Å²) < 4.78 is 1.71. The first kappa shape index (κ1) is 23.2. The second kappa shape index (κ2) is 9.60. The van der Waals surface area contributed by atoms with Crippen LogP contribution in [0.15, 0.2) is 41.7 Å². The highest BCUT2D eigenvalue weighted by atomic mass is 127. The summed E-state index contributed by atoms with van der Waals surface area (Å²) in [5.74, 6) is 0.821. The van der Waals surface area contributed by atoms with Crippen LogP contribution >= 0.6 is 24.0 Å². The molecule has 1 N–H and O–H groups in total. The summed E-state index contributed by atoms with van der Waals surface area (Å²) in [7, 11) is 3.62. The molecule has 7 nitrogen and oxygen atoms in total. The van der Waals surface area contributed by atoms with Crippen LogP contribution in [0.3, 0.4) is 0 Å². The van der Waals surface area contributed by atoms with Gasteiger partial charge >= 0.3 is 0 Å². The van der Waals surface area contributed by atoms with Gasteiger partial charge in [-0.1, -0.05) is 38.1 Å². The fourth-order valence-electron chi connectivity index (χ4n) is 3.73.